The highest BCUT2D eigenvalue weighted by Gasteiger charge is 2.32. The Labute approximate surface area is 99.0 Å². The molecule has 0 radical (unpaired) electrons. The molecule has 3 heteroatoms. The van der Waals surface area contributed by atoms with Crippen LogP contribution in [-0.4, -0.2) is 37.9 Å². The first-order valence-electron chi connectivity index (χ1n) is 6.87. The summed E-state index contributed by atoms with van der Waals surface area (Å²) in [6.45, 7) is 4.86. The van der Waals surface area contributed by atoms with Gasteiger partial charge in [-0.2, -0.15) is 0 Å². The Morgan fingerprint density at radius 1 is 1.25 bits per heavy atom. The normalized spacial score (nSPS) is 29.4. The number of aliphatic hydroxyl groups is 1. The van der Waals surface area contributed by atoms with E-state index >= 15 is 0 Å². The summed E-state index contributed by atoms with van der Waals surface area (Å²) in [5.74, 6) is 0.797. The van der Waals surface area contributed by atoms with Crippen LogP contribution in [-0.2, 0) is 0 Å². The molecule has 2 aliphatic rings. The number of hydrogen-bond donors (Lipinski definition) is 3. The Bertz CT molecular complexity index is 196. The van der Waals surface area contributed by atoms with Crippen LogP contribution >= 0.6 is 0 Å². The van der Waals surface area contributed by atoms with Crippen LogP contribution in [0.15, 0.2) is 0 Å². The molecular weight excluding hydrogens is 200 g/mol. The van der Waals surface area contributed by atoms with Gasteiger partial charge in [0.1, 0.15) is 0 Å². The second-order valence-corrected chi connectivity index (χ2v) is 5.71. The Hall–Kier alpha value is -0.120. The fourth-order valence-corrected chi connectivity index (χ4v) is 3.16. The first-order chi connectivity index (χ1) is 7.85. The van der Waals surface area contributed by atoms with E-state index in [1.165, 1.54) is 51.6 Å². The van der Waals surface area contributed by atoms with Crippen molar-refractivity contribution < 1.29 is 5.11 Å². The fourth-order valence-electron chi connectivity index (χ4n) is 3.16. The number of hydrogen-bond acceptors (Lipinski definition) is 3. The molecule has 0 aromatic heterocycles. The second-order valence-electron chi connectivity index (χ2n) is 5.71. The molecular formula is C13H26N2O. The van der Waals surface area contributed by atoms with Gasteiger partial charge in [-0.25, -0.2) is 0 Å². The Kier molecular flexibility index (Phi) is 4.62. The van der Waals surface area contributed by atoms with Gasteiger partial charge in [0.2, 0.25) is 0 Å². The molecule has 2 fully saturated rings. The van der Waals surface area contributed by atoms with Crippen LogP contribution in [0.4, 0.5) is 0 Å². The zero-order valence-corrected chi connectivity index (χ0v) is 10.3. The van der Waals surface area contributed by atoms with E-state index in [-0.39, 0.29) is 5.41 Å². The van der Waals surface area contributed by atoms with Crippen molar-refractivity contribution in [2.24, 2.45) is 11.3 Å². The van der Waals surface area contributed by atoms with Crippen LogP contribution in [0.2, 0.25) is 0 Å². The molecule has 94 valence electrons. The average molecular weight is 226 g/mol. The highest BCUT2D eigenvalue weighted by Crippen LogP contribution is 2.36. The zero-order valence-electron chi connectivity index (χ0n) is 10.3. The van der Waals surface area contributed by atoms with Crippen molar-refractivity contribution in [2.45, 2.75) is 38.5 Å². The largest absolute Gasteiger partial charge is 0.396 e. The van der Waals surface area contributed by atoms with Crippen molar-refractivity contribution in [1.82, 2.24) is 10.6 Å². The minimum absolute atomic E-state index is 0.210. The molecule has 3 N–H and O–H groups in total. The van der Waals surface area contributed by atoms with Crippen molar-refractivity contribution in [2.75, 3.05) is 32.8 Å². The van der Waals surface area contributed by atoms with E-state index in [2.05, 4.69) is 10.6 Å². The van der Waals surface area contributed by atoms with Crippen LogP contribution < -0.4 is 10.6 Å². The molecule has 1 aliphatic carbocycles. The second kappa shape index (κ2) is 5.99. The van der Waals surface area contributed by atoms with Gasteiger partial charge >= 0.3 is 0 Å². The summed E-state index contributed by atoms with van der Waals surface area (Å²) in [6.07, 6.45) is 7.68. The first-order valence-corrected chi connectivity index (χ1v) is 6.87. The summed E-state index contributed by atoms with van der Waals surface area (Å²) in [6, 6.07) is 0. The maximum absolute atomic E-state index is 9.50. The number of rotatable bonds is 5. The predicted molar refractivity (Wildman–Crippen MR) is 66.5 cm³/mol. The smallest absolute Gasteiger partial charge is 0.0499 e. The van der Waals surface area contributed by atoms with E-state index in [1.54, 1.807) is 0 Å². The summed E-state index contributed by atoms with van der Waals surface area (Å²) >= 11 is 0. The third kappa shape index (κ3) is 3.19. The quantitative estimate of drug-likeness (QED) is 0.658. The molecule has 1 atom stereocenters. The van der Waals surface area contributed by atoms with E-state index < -0.39 is 0 Å². The van der Waals surface area contributed by atoms with Gasteiger partial charge in [0.25, 0.3) is 0 Å². The average Bonchev–Trinajstić information content (AvgIpc) is 2.80. The summed E-state index contributed by atoms with van der Waals surface area (Å²) in [5.41, 5.74) is 0.210. The Balaban J connectivity index is 1.66. The number of piperidine rings is 1. The first kappa shape index (κ1) is 12.3. The standard InChI is InChI=1S/C13H26N2O/c16-11-13(5-1-2-6-13)10-15-9-12-4-3-7-14-8-12/h12,14-16H,1-11H2. The van der Waals surface area contributed by atoms with Gasteiger partial charge in [-0.15, -0.1) is 0 Å². The molecule has 1 heterocycles. The maximum Gasteiger partial charge on any atom is 0.0499 e. The molecule has 16 heavy (non-hydrogen) atoms. The number of nitrogens with one attached hydrogen (secondary N) is 2. The minimum Gasteiger partial charge on any atom is -0.396 e. The highest BCUT2D eigenvalue weighted by molar-refractivity contribution is 4.86. The van der Waals surface area contributed by atoms with Crippen LogP contribution in [0.1, 0.15) is 38.5 Å². The predicted octanol–water partition coefficient (Wildman–Crippen LogP) is 1.13. The topological polar surface area (TPSA) is 44.3 Å². The third-order valence-electron chi connectivity index (χ3n) is 4.33. The third-order valence-corrected chi connectivity index (χ3v) is 4.33. The van der Waals surface area contributed by atoms with E-state index in [1.807, 2.05) is 0 Å². The number of aliphatic hydroxyl groups excluding tert-OH is 1. The minimum atomic E-state index is 0.210. The summed E-state index contributed by atoms with van der Waals surface area (Å²) in [4.78, 5) is 0. The summed E-state index contributed by atoms with van der Waals surface area (Å²) in [5, 5.41) is 16.5. The molecule has 2 rings (SSSR count). The van der Waals surface area contributed by atoms with Crippen molar-refractivity contribution in [1.29, 1.82) is 0 Å². The van der Waals surface area contributed by atoms with Gasteiger partial charge in [0.05, 0.1) is 0 Å². The zero-order chi connectivity index (χ0) is 11.3. The van der Waals surface area contributed by atoms with Gasteiger partial charge in [-0.1, -0.05) is 12.8 Å². The van der Waals surface area contributed by atoms with E-state index in [0.29, 0.717) is 6.61 Å². The monoisotopic (exact) mass is 226 g/mol. The van der Waals surface area contributed by atoms with Gasteiger partial charge in [-0.3, -0.25) is 0 Å². The fraction of sp³-hybridized carbons (Fsp3) is 1.00. The lowest BCUT2D eigenvalue weighted by Crippen LogP contribution is -2.41. The summed E-state index contributed by atoms with van der Waals surface area (Å²) < 4.78 is 0. The molecule has 0 bridgehead atoms. The highest BCUT2D eigenvalue weighted by atomic mass is 16.3. The van der Waals surface area contributed by atoms with Crippen molar-refractivity contribution in [3.05, 3.63) is 0 Å². The van der Waals surface area contributed by atoms with Crippen LogP contribution in [0.5, 0.6) is 0 Å². The van der Waals surface area contributed by atoms with Gasteiger partial charge < -0.3 is 15.7 Å². The molecule has 3 nitrogen and oxygen atoms in total. The van der Waals surface area contributed by atoms with Crippen LogP contribution in [0.25, 0.3) is 0 Å². The molecule has 1 saturated carbocycles. The SMILES string of the molecule is OCC1(CNCC2CCCNC2)CCCC1. The maximum atomic E-state index is 9.50. The molecule has 0 aromatic rings. The van der Waals surface area contributed by atoms with Crippen molar-refractivity contribution >= 4 is 0 Å². The molecule has 0 spiro atoms. The van der Waals surface area contributed by atoms with E-state index in [9.17, 15) is 5.11 Å². The van der Waals surface area contributed by atoms with Gasteiger partial charge in [-0.05, 0) is 51.2 Å². The van der Waals surface area contributed by atoms with Crippen LogP contribution in [0, 0.1) is 11.3 Å². The molecule has 1 saturated heterocycles. The summed E-state index contributed by atoms with van der Waals surface area (Å²) in [7, 11) is 0. The molecule has 1 aliphatic heterocycles. The Morgan fingerprint density at radius 3 is 2.69 bits per heavy atom. The lowest BCUT2D eigenvalue weighted by molar-refractivity contribution is 0.126. The van der Waals surface area contributed by atoms with Crippen LogP contribution in [0.3, 0.4) is 0 Å². The lowest BCUT2D eigenvalue weighted by atomic mass is 9.87. The lowest BCUT2D eigenvalue weighted by Gasteiger charge is -2.29. The molecule has 1 unspecified atom stereocenters. The Morgan fingerprint density at radius 2 is 2.06 bits per heavy atom. The van der Waals surface area contributed by atoms with Crippen molar-refractivity contribution in [3.8, 4) is 0 Å². The van der Waals surface area contributed by atoms with Crippen molar-refractivity contribution in [3.63, 3.8) is 0 Å². The van der Waals surface area contributed by atoms with E-state index in [4.69, 9.17) is 0 Å². The van der Waals surface area contributed by atoms with Gasteiger partial charge in [0, 0.05) is 18.6 Å². The molecule has 0 aromatic carbocycles. The molecule has 0 amide bonds. The van der Waals surface area contributed by atoms with Gasteiger partial charge in [0.15, 0.2) is 0 Å². The van der Waals surface area contributed by atoms with E-state index in [0.717, 1.165) is 19.0 Å².